The summed E-state index contributed by atoms with van der Waals surface area (Å²) < 4.78 is 7.12. The second-order valence-electron chi connectivity index (χ2n) is 7.31. The summed E-state index contributed by atoms with van der Waals surface area (Å²) in [5.41, 5.74) is 0. The van der Waals surface area contributed by atoms with Crippen LogP contribution < -0.4 is 10.6 Å². The van der Waals surface area contributed by atoms with Crippen LogP contribution in [-0.4, -0.2) is 47.0 Å². The Morgan fingerprint density at radius 1 is 1.27 bits per heavy atom. The molecule has 0 radical (unpaired) electrons. The minimum Gasteiger partial charge on any atom is -0.385 e. The van der Waals surface area contributed by atoms with Crippen molar-refractivity contribution in [1.82, 2.24) is 25.4 Å². The van der Waals surface area contributed by atoms with Crippen molar-refractivity contribution >= 4 is 5.96 Å². The van der Waals surface area contributed by atoms with E-state index in [1.807, 2.05) is 18.5 Å². The maximum atomic E-state index is 5.13. The third kappa shape index (κ3) is 6.59. The number of nitrogens with zero attached hydrogens (tertiary/aromatic N) is 4. The van der Waals surface area contributed by atoms with E-state index in [4.69, 9.17) is 9.73 Å². The first-order valence-electron chi connectivity index (χ1n) is 10.0. The van der Waals surface area contributed by atoms with Crippen LogP contribution >= 0.6 is 0 Å². The zero-order chi connectivity index (χ0) is 18.8. The van der Waals surface area contributed by atoms with Crippen LogP contribution in [0.1, 0.15) is 63.5 Å². The molecule has 1 saturated carbocycles. The van der Waals surface area contributed by atoms with Crippen LogP contribution in [0.15, 0.2) is 4.99 Å². The van der Waals surface area contributed by atoms with Crippen LogP contribution in [0.3, 0.4) is 0 Å². The Hall–Kier alpha value is -1.63. The first-order chi connectivity index (χ1) is 12.6. The van der Waals surface area contributed by atoms with Gasteiger partial charge in [0.2, 0.25) is 0 Å². The number of aryl methyl sites for hydroxylation is 1. The Kier molecular flexibility index (Phi) is 8.88. The number of hydrogen-bond acceptors (Lipinski definition) is 4. The van der Waals surface area contributed by atoms with E-state index in [2.05, 4.69) is 27.8 Å². The molecule has 26 heavy (non-hydrogen) atoms. The summed E-state index contributed by atoms with van der Waals surface area (Å²) in [5, 5.41) is 15.4. The minimum atomic E-state index is 0.512. The second-order valence-corrected chi connectivity index (χ2v) is 7.31. The maximum Gasteiger partial charge on any atom is 0.191 e. The molecule has 1 aliphatic carbocycles. The summed E-state index contributed by atoms with van der Waals surface area (Å²) in [7, 11) is 3.71. The Balaban J connectivity index is 1.90. The van der Waals surface area contributed by atoms with Gasteiger partial charge in [-0.05, 0) is 44.9 Å². The molecule has 1 aromatic heterocycles. The van der Waals surface area contributed by atoms with Crippen molar-refractivity contribution in [1.29, 1.82) is 0 Å². The Labute approximate surface area is 158 Å². The van der Waals surface area contributed by atoms with E-state index in [1.54, 1.807) is 7.11 Å². The zero-order valence-electron chi connectivity index (χ0n) is 16.9. The van der Waals surface area contributed by atoms with Crippen molar-refractivity contribution in [2.75, 3.05) is 20.3 Å². The van der Waals surface area contributed by atoms with Crippen molar-refractivity contribution in [3.63, 3.8) is 0 Å². The number of hydrogen-bond donors (Lipinski definition) is 2. The fourth-order valence-electron chi connectivity index (χ4n) is 3.51. The molecule has 7 heteroatoms. The van der Waals surface area contributed by atoms with Crippen LogP contribution in [0.25, 0.3) is 0 Å². The molecule has 1 heterocycles. The number of nitrogens with one attached hydrogen (secondary N) is 2. The van der Waals surface area contributed by atoms with E-state index in [0.717, 1.165) is 43.1 Å². The predicted molar refractivity (Wildman–Crippen MR) is 105 cm³/mol. The molecule has 1 aromatic rings. The number of rotatable bonds is 9. The molecule has 1 aliphatic rings. The summed E-state index contributed by atoms with van der Waals surface area (Å²) in [6.45, 7) is 6.38. The van der Waals surface area contributed by atoms with Gasteiger partial charge in [0, 0.05) is 33.4 Å². The van der Waals surface area contributed by atoms with Gasteiger partial charge >= 0.3 is 0 Å². The molecular weight excluding hydrogens is 328 g/mol. The molecule has 7 nitrogen and oxygen atoms in total. The summed E-state index contributed by atoms with van der Waals surface area (Å²) in [5.74, 6) is 3.58. The average molecular weight is 365 g/mol. The van der Waals surface area contributed by atoms with Gasteiger partial charge in [-0.3, -0.25) is 0 Å². The molecule has 0 atom stereocenters. The topological polar surface area (TPSA) is 76.4 Å². The van der Waals surface area contributed by atoms with Crippen molar-refractivity contribution < 1.29 is 4.74 Å². The SMILES string of the molecule is CCCC1CCC(NC(=NCc2nnc(C)n2C)NCCCOC)CC1. The highest BCUT2D eigenvalue weighted by molar-refractivity contribution is 5.80. The smallest absolute Gasteiger partial charge is 0.191 e. The van der Waals surface area contributed by atoms with E-state index in [-0.39, 0.29) is 0 Å². The highest BCUT2D eigenvalue weighted by Gasteiger charge is 2.21. The van der Waals surface area contributed by atoms with Gasteiger partial charge in [-0.1, -0.05) is 19.8 Å². The molecule has 0 saturated heterocycles. The molecule has 0 amide bonds. The van der Waals surface area contributed by atoms with Crippen LogP contribution in [-0.2, 0) is 18.3 Å². The summed E-state index contributed by atoms with van der Waals surface area (Å²) in [6, 6.07) is 0.512. The van der Waals surface area contributed by atoms with E-state index >= 15 is 0 Å². The van der Waals surface area contributed by atoms with Crippen molar-refractivity contribution in [3.05, 3.63) is 11.6 Å². The molecule has 2 N–H and O–H groups in total. The fraction of sp³-hybridized carbons (Fsp3) is 0.842. The van der Waals surface area contributed by atoms with E-state index < -0.39 is 0 Å². The monoisotopic (exact) mass is 364 g/mol. The van der Waals surface area contributed by atoms with Crippen LogP contribution in [0.5, 0.6) is 0 Å². The lowest BCUT2D eigenvalue weighted by atomic mass is 9.83. The van der Waals surface area contributed by atoms with Gasteiger partial charge in [-0.25, -0.2) is 4.99 Å². The van der Waals surface area contributed by atoms with Crippen molar-refractivity contribution in [2.45, 2.75) is 71.4 Å². The van der Waals surface area contributed by atoms with E-state index in [0.29, 0.717) is 12.6 Å². The first kappa shape index (κ1) is 20.7. The molecule has 0 aromatic carbocycles. The number of aromatic nitrogens is 3. The Morgan fingerprint density at radius 3 is 2.65 bits per heavy atom. The number of guanidine groups is 1. The van der Waals surface area contributed by atoms with Gasteiger partial charge in [-0.2, -0.15) is 0 Å². The Bertz CT molecular complexity index is 548. The van der Waals surface area contributed by atoms with E-state index in [1.165, 1.54) is 38.5 Å². The Morgan fingerprint density at radius 2 is 2.04 bits per heavy atom. The molecule has 0 unspecified atom stereocenters. The van der Waals surface area contributed by atoms with Gasteiger partial charge in [0.15, 0.2) is 11.8 Å². The standard InChI is InChI=1S/C19H36N6O/c1-5-7-16-8-10-17(11-9-16)22-19(20-12-6-13-26-4)21-14-18-24-23-15(2)25(18)3/h16-17H,5-14H2,1-4H3,(H2,20,21,22). The zero-order valence-corrected chi connectivity index (χ0v) is 16.9. The molecule has 0 aliphatic heterocycles. The first-order valence-corrected chi connectivity index (χ1v) is 10.0. The third-order valence-corrected chi connectivity index (χ3v) is 5.26. The lowest BCUT2D eigenvalue weighted by molar-refractivity contribution is 0.195. The van der Waals surface area contributed by atoms with E-state index in [9.17, 15) is 0 Å². The van der Waals surface area contributed by atoms with Crippen molar-refractivity contribution in [2.24, 2.45) is 18.0 Å². The molecule has 0 spiro atoms. The lowest BCUT2D eigenvalue weighted by Crippen LogP contribution is -2.45. The molecule has 148 valence electrons. The van der Waals surface area contributed by atoms with Crippen LogP contribution in [0, 0.1) is 12.8 Å². The number of methoxy groups -OCH3 is 1. The number of ether oxygens (including phenoxy) is 1. The van der Waals surface area contributed by atoms with Crippen LogP contribution in [0.4, 0.5) is 0 Å². The quantitative estimate of drug-likeness (QED) is 0.400. The normalized spacial score (nSPS) is 21.0. The minimum absolute atomic E-state index is 0.512. The van der Waals surface area contributed by atoms with Gasteiger partial charge < -0.3 is 19.9 Å². The van der Waals surface area contributed by atoms with Gasteiger partial charge in [0.1, 0.15) is 12.4 Å². The number of aliphatic imine (C=N–C) groups is 1. The molecule has 0 bridgehead atoms. The molecule has 2 rings (SSSR count). The predicted octanol–water partition coefficient (Wildman–Crippen LogP) is 2.55. The lowest BCUT2D eigenvalue weighted by Gasteiger charge is -2.30. The molecular formula is C19H36N6O. The van der Waals surface area contributed by atoms with Crippen LogP contribution in [0.2, 0.25) is 0 Å². The summed E-state index contributed by atoms with van der Waals surface area (Å²) >= 11 is 0. The van der Waals surface area contributed by atoms with Gasteiger partial charge in [-0.15, -0.1) is 10.2 Å². The molecule has 1 fully saturated rings. The highest BCUT2D eigenvalue weighted by Crippen LogP contribution is 2.27. The summed E-state index contributed by atoms with van der Waals surface area (Å²) in [4.78, 5) is 4.75. The second kappa shape index (κ2) is 11.2. The average Bonchev–Trinajstić information content (AvgIpc) is 2.97. The van der Waals surface area contributed by atoms with Gasteiger partial charge in [0.05, 0.1) is 0 Å². The maximum absolute atomic E-state index is 5.13. The highest BCUT2D eigenvalue weighted by atomic mass is 16.5. The fourth-order valence-corrected chi connectivity index (χ4v) is 3.51. The summed E-state index contributed by atoms with van der Waals surface area (Å²) in [6.07, 6.45) is 8.74. The third-order valence-electron chi connectivity index (χ3n) is 5.26. The largest absolute Gasteiger partial charge is 0.385 e. The van der Waals surface area contributed by atoms with Crippen molar-refractivity contribution in [3.8, 4) is 0 Å². The van der Waals surface area contributed by atoms with Gasteiger partial charge in [0.25, 0.3) is 0 Å².